The fourth-order valence-corrected chi connectivity index (χ4v) is 3.86. The number of benzene rings is 2. The molecule has 2 aliphatic rings. The molecule has 23 heavy (non-hydrogen) atoms. The van der Waals surface area contributed by atoms with Gasteiger partial charge in [-0.3, -0.25) is 4.79 Å². The first-order chi connectivity index (χ1) is 11.3. The molecule has 0 saturated carbocycles. The summed E-state index contributed by atoms with van der Waals surface area (Å²) in [6, 6.07) is 11.4. The van der Waals surface area contributed by atoms with E-state index in [1.165, 1.54) is 29.7 Å². The molecule has 118 valence electrons. The van der Waals surface area contributed by atoms with E-state index in [9.17, 15) is 4.79 Å². The summed E-state index contributed by atoms with van der Waals surface area (Å²) in [6.07, 6.45) is 4.50. The first kappa shape index (κ1) is 14.5. The van der Waals surface area contributed by atoms with E-state index in [2.05, 4.69) is 17.0 Å². The number of carbonyl (C=O) groups is 1. The van der Waals surface area contributed by atoms with E-state index in [0.717, 1.165) is 37.1 Å². The van der Waals surface area contributed by atoms with Crippen molar-refractivity contribution in [2.45, 2.75) is 32.3 Å². The maximum Gasteiger partial charge on any atom is 0.193 e. The van der Waals surface area contributed by atoms with E-state index in [1.807, 2.05) is 24.3 Å². The molecule has 2 aromatic rings. The Labute approximate surface area is 136 Å². The zero-order chi connectivity index (χ0) is 15.8. The lowest BCUT2D eigenvalue weighted by Gasteiger charge is -2.37. The van der Waals surface area contributed by atoms with Gasteiger partial charge in [0.15, 0.2) is 5.78 Å². The number of nitrogens with zero attached hydrogens (tertiary/aromatic N) is 1. The molecule has 0 atom stereocenters. The summed E-state index contributed by atoms with van der Waals surface area (Å²) in [7, 11) is 0. The predicted molar refractivity (Wildman–Crippen MR) is 91.1 cm³/mol. The molecule has 2 heterocycles. The van der Waals surface area contributed by atoms with Crippen molar-refractivity contribution in [2.75, 3.05) is 18.0 Å². The van der Waals surface area contributed by atoms with Crippen LogP contribution in [0.25, 0.3) is 0 Å². The van der Waals surface area contributed by atoms with Crippen molar-refractivity contribution < 1.29 is 9.90 Å². The van der Waals surface area contributed by atoms with Crippen LogP contribution < -0.4 is 4.90 Å². The van der Waals surface area contributed by atoms with Gasteiger partial charge in [-0.1, -0.05) is 24.3 Å². The predicted octanol–water partition coefficient (Wildman–Crippen LogP) is 3.11. The van der Waals surface area contributed by atoms with Gasteiger partial charge in [-0.15, -0.1) is 0 Å². The smallest absolute Gasteiger partial charge is 0.193 e. The third kappa shape index (κ3) is 2.55. The number of aliphatic hydroxyl groups excluding tert-OH is 1. The Morgan fingerprint density at radius 2 is 1.57 bits per heavy atom. The van der Waals surface area contributed by atoms with E-state index in [0.29, 0.717) is 5.56 Å². The van der Waals surface area contributed by atoms with Gasteiger partial charge in [0.1, 0.15) is 0 Å². The maximum atomic E-state index is 12.8. The van der Waals surface area contributed by atoms with E-state index in [1.54, 1.807) is 0 Å². The average molecular weight is 307 g/mol. The lowest BCUT2D eigenvalue weighted by molar-refractivity contribution is 0.103. The minimum Gasteiger partial charge on any atom is -0.392 e. The highest BCUT2D eigenvalue weighted by Gasteiger charge is 2.25. The van der Waals surface area contributed by atoms with Gasteiger partial charge in [0, 0.05) is 29.9 Å². The second-order valence-electron chi connectivity index (χ2n) is 6.52. The molecule has 0 radical (unpaired) electrons. The van der Waals surface area contributed by atoms with Crippen LogP contribution in [-0.4, -0.2) is 24.0 Å². The molecular weight excluding hydrogens is 286 g/mol. The van der Waals surface area contributed by atoms with E-state index < -0.39 is 0 Å². The summed E-state index contributed by atoms with van der Waals surface area (Å²) >= 11 is 0. The summed E-state index contributed by atoms with van der Waals surface area (Å²) < 4.78 is 0. The van der Waals surface area contributed by atoms with Crippen LogP contribution in [0.1, 0.15) is 45.5 Å². The van der Waals surface area contributed by atoms with Crippen molar-refractivity contribution in [1.82, 2.24) is 0 Å². The number of hydrogen-bond acceptors (Lipinski definition) is 3. The second kappa shape index (κ2) is 5.82. The monoisotopic (exact) mass is 307 g/mol. The molecule has 0 aromatic heterocycles. The van der Waals surface area contributed by atoms with Crippen LogP contribution in [0.2, 0.25) is 0 Å². The number of aryl methyl sites for hydroxylation is 2. The molecule has 1 N–H and O–H groups in total. The minimum absolute atomic E-state index is 0.00724. The van der Waals surface area contributed by atoms with E-state index in [-0.39, 0.29) is 12.4 Å². The molecule has 2 aliphatic heterocycles. The zero-order valence-corrected chi connectivity index (χ0v) is 13.2. The standard InChI is InChI=1S/C20H21NO2/c22-13-14-5-7-15(8-6-14)20(23)18-11-16-3-1-9-21-10-2-4-17(12-18)19(16)21/h5-8,11-12,22H,1-4,9-10,13H2. The highest BCUT2D eigenvalue weighted by molar-refractivity contribution is 6.09. The van der Waals surface area contributed by atoms with Gasteiger partial charge in [-0.2, -0.15) is 0 Å². The SMILES string of the molecule is O=C(c1ccc(CO)cc1)c1cc2c3c(c1)CCCN3CCC2. The Hall–Kier alpha value is -2.13. The number of ketones is 1. The van der Waals surface area contributed by atoms with Gasteiger partial charge in [0.05, 0.1) is 6.61 Å². The molecule has 0 fully saturated rings. The van der Waals surface area contributed by atoms with Crippen LogP contribution in [-0.2, 0) is 19.4 Å². The number of rotatable bonds is 3. The van der Waals surface area contributed by atoms with E-state index in [4.69, 9.17) is 5.11 Å². The lowest BCUT2D eigenvalue weighted by Crippen LogP contribution is -2.34. The molecule has 2 aromatic carbocycles. The fraction of sp³-hybridized carbons (Fsp3) is 0.350. The van der Waals surface area contributed by atoms with Crippen molar-refractivity contribution in [2.24, 2.45) is 0 Å². The second-order valence-corrected chi connectivity index (χ2v) is 6.52. The average Bonchev–Trinajstić information content (AvgIpc) is 2.61. The van der Waals surface area contributed by atoms with Crippen molar-refractivity contribution in [1.29, 1.82) is 0 Å². The molecule has 0 unspecified atom stereocenters. The van der Waals surface area contributed by atoms with Crippen molar-refractivity contribution in [3.8, 4) is 0 Å². The molecule has 0 spiro atoms. The van der Waals surface area contributed by atoms with Crippen LogP contribution >= 0.6 is 0 Å². The molecule has 0 amide bonds. The molecule has 3 nitrogen and oxygen atoms in total. The van der Waals surface area contributed by atoms with E-state index >= 15 is 0 Å². The Morgan fingerprint density at radius 3 is 2.13 bits per heavy atom. The molecule has 0 bridgehead atoms. The maximum absolute atomic E-state index is 12.8. The normalized spacial score (nSPS) is 16.1. The van der Waals surface area contributed by atoms with Crippen molar-refractivity contribution in [3.05, 3.63) is 64.2 Å². The summed E-state index contributed by atoms with van der Waals surface area (Å²) in [6.45, 7) is 2.30. The van der Waals surface area contributed by atoms with Crippen LogP contribution in [0, 0.1) is 0 Å². The first-order valence-corrected chi connectivity index (χ1v) is 8.41. The third-order valence-corrected chi connectivity index (χ3v) is 4.99. The summed E-state index contributed by atoms with van der Waals surface area (Å²) in [5, 5.41) is 9.13. The van der Waals surface area contributed by atoms with Crippen LogP contribution in [0.15, 0.2) is 36.4 Å². The Morgan fingerprint density at radius 1 is 0.957 bits per heavy atom. The Balaban J connectivity index is 1.72. The Bertz CT molecular complexity index is 718. The molecular formula is C20H21NO2. The quantitative estimate of drug-likeness (QED) is 0.886. The largest absolute Gasteiger partial charge is 0.392 e. The summed E-state index contributed by atoms with van der Waals surface area (Å²) in [4.78, 5) is 15.3. The van der Waals surface area contributed by atoms with Crippen molar-refractivity contribution in [3.63, 3.8) is 0 Å². The third-order valence-electron chi connectivity index (χ3n) is 4.99. The topological polar surface area (TPSA) is 40.5 Å². The van der Waals surface area contributed by atoms with Gasteiger partial charge in [0.2, 0.25) is 0 Å². The number of hydrogen-bond donors (Lipinski definition) is 1. The van der Waals surface area contributed by atoms with Gasteiger partial charge >= 0.3 is 0 Å². The first-order valence-electron chi connectivity index (χ1n) is 8.41. The van der Waals surface area contributed by atoms with Crippen LogP contribution in [0.5, 0.6) is 0 Å². The molecule has 0 saturated heterocycles. The van der Waals surface area contributed by atoms with Crippen molar-refractivity contribution >= 4 is 11.5 Å². The van der Waals surface area contributed by atoms with Gasteiger partial charge < -0.3 is 10.0 Å². The lowest BCUT2D eigenvalue weighted by atomic mass is 9.88. The number of carbonyl (C=O) groups excluding carboxylic acids is 1. The number of anilines is 1. The Kier molecular flexibility index (Phi) is 3.66. The van der Waals surface area contributed by atoms with Crippen LogP contribution in [0.4, 0.5) is 5.69 Å². The van der Waals surface area contributed by atoms with Crippen LogP contribution in [0.3, 0.4) is 0 Å². The summed E-state index contributed by atoms with van der Waals surface area (Å²) in [5.74, 6) is 0.0798. The zero-order valence-electron chi connectivity index (χ0n) is 13.2. The van der Waals surface area contributed by atoms with Gasteiger partial charge in [-0.25, -0.2) is 0 Å². The van der Waals surface area contributed by atoms with Gasteiger partial charge in [-0.05, 0) is 54.5 Å². The number of aliphatic hydroxyl groups is 1. The fourth-order valence-electron chi connectivity index (χ4n) is 3.86. The molecule has 4 rings (SSSR count). The minimum atomic E-state index is 0.00724. The summed E-state index contributed by atoms with van der Waals surface area (Å²) in [5.41, 5.74) is 6.40. The molecule has 3 heteroatoms. The highest BCUT2D eigenvalue weighted by atomic mass is 16.3. The van der Waals surface area contributed by atoms with Gasteiger partial charge in [0.25, 0.3) is 0 Å². The molecule has 0 aliphatic carbocycles. The highest BCUT2D eigenvalue weighted by Crippen LogP contribution is 2.36.